The van der Waals surface area contributed by atoms with Gasteiger partial charge in [-0.05, 0) is 30.2 Å². The number of Topliss-reactive ketones (excluding diaryl/α,β-unsaturated/α-hetero) is 1. The number of hydrogen-bond donors (Lipinski definition) is 0. The molecule has 0 spiro atoms. The molecule has 0 N–H and O–H groups in total. The van der Waals surface area contributed by atoms with Crippen LogP contribution in [0, 0.1) is 0 Å². The predicted octanol–water partition coefficient (Wildman–Crippen LogP) is 3.63. The molecule has 0 fully saturated rings. The Balaban J connectivity index is 2.20. The van der Waals surface area contributed by atoms with Crippen molar-refractivity contribution in [2.75, 3.05) is 21.3 Å². The van der Waals surface area contributed by atoms with Crippen LogP contribution in [0.3, 0.4) is 0 Å². The van der Waals surface area contributed by atoms with Gasteiger partial charge in [0, 0.05) is 23.9 Å². The van der Waals surface area contributed by atoms with E-state index in [1.807, 2.05) is 29.0 Å². The third kappa shape index (κ3) is 2.38. The molecule has 1 aliphatic heterocycles. The minimum atomic E-state index is 0.117. The topological polar surface area (TPSA) is 49.7 Å². The number of fused-ring (bicyclic) bond motifs is 1. The zero-order chi connectivity index (χ0) is 16.6. The standard InChI is InChI=1S/C18H19NO4/c1-11-5-6-14(20)17-13(7-8-19(11)17)12-9-15(21-2)18(23-4)16(10-12)22-3/h7-10H,1,5-6H2,2-4H3. The molecule has 3 rings (SSSR count). The van der Waals surface area contributed by atoms with E-state index < -0.39 is 0 Å². The third-order valence-corrected chi connectivity index (χ3v) is 4.11. The average Bonchev–Trinajstić information content (AvgIpc) is 3.03. The van der Waals surface area contributed by atoms with E-state index in [2.05, 4.69) is 6.58 Å². The van der Waals surface area contributed by atoms with Gasteiger partial charge in [-0.25, -0.2) is 0 Å². The molecule has 2 aromatic rings. The Morgan fingerprint density at radius 2 is 1.70 bits per heavy atom. The molecule has 2 heterocycles. The summed E-state index contributed by atoms with van der Waals surface area (Å²) in [6.07, 6.45) is 3.06. The molecule has 0 atom stereocenters. The maximum Gasteiger partial charge on any atom is 0.203 e. The summed E-state index contributed by atoms with van der Waals surface area (Å²) < 4.78 is 18.0. The van der Waals surface area contributed by atoms with Gasteiger partial charge in [-0.3, -0.25) is 4.79 Å². The Labute approximate surface area is 135 Å². The molecular weight excluding hydrogens is 294 g/mol. The molecule has 120 valence electrons. The van der Waals surface area contributed by atoms with Crippen molar-refractivity contribution in [2.45, 2.75) is 12.8 Å². The van der Waals surface area contributed by atoms with Crippen molar-refractivity contribution in [3.8, 4) is 28.4 Å². The van der Waals surface area contributed by atoms with Gasteiger partial charge in [-0.2, -0.15) is 0 Å². The van der Waals surface area contributed by atoms with Crippen molar-refractivity contribution >= 4 is 11.5 Å². The molecule has 1 aliphatic rings. The van der Waals surface area contributed by atoms with E-state index in [1.54, 1.807) is 21.3 Å². The number of ketones is 1. The van der Waals surface area contributed by atoms with Crippen LogP contribution >= 0.6 is 0 Å². The molecule has 5 heteroatoms. The number of hydrogen-bond acceptors (Lipinski definition) is 4. The molecule has 0 aliphatic carbocycles. The number of aromatic nitrogens is 1. The van der Waals surface area contributed by atoms with Gasteiger partial charge in [0.1, 0.15) is 0 Å². The van der Waals surface area contributed by atoms with Crippen LogP contribution in [-0.2, 0) is 0 Å². The maximum atomic E-state index is 12.4. The summed E-state index contributed by atoms with van der Waals surface area (Å²) in [7, 11) is 4.71. The number of methoxy groups -OCH3 is 3. The SMILES string of the molecule is C=C1CCC(=O)c2c(-c3cc(OC)c(OC)c(OC)c3)ccn21. The molecule has 5 nitrogen and oxygen atoms in total. The van der Waals surface area contributed by atoms with Crippen LogP contribution in [0.25, 0.3) is 16.8 Å². The minimum Gasteiger partial charge on any atom is -0.493 e. The molecule has 0 saturated carbocycles. The van der Waals surface area contributed by atoms with Crippen LogP contribution in [0.2, 0.25) is 0 Å². The van der Waals surface area contributed by atoms with E-state index in [-0.39, 0.29) is 5.78 Å². The molecule has 0 amide bonds. The van der Waals surface area contributed by atoms with E-state index in [0.717, 1.165) is 16.8 Å². The molecule has 23 heavy (non-hydrogen) atoms. The van der Waals surface area contributed by atoms with Crippen molar-refractivity contribution in [1.29, 1.82) is 0 Å². The van der Waals surface area contributed by atoms with Gasteiger partial charge in [0.2, 0.25) is 5.75 Å². The van der Waals surface area contributed by atoms with Crippen molar-refractivity contribution in [2.24, 2.45) is 0 Å². The fourth-order valence-corrected chi connectivity index (χ4v) is 2.95. The van der Waals surface area contributed by atoms with Crippen LogP contribution in [0.4, 0.5) is 0 Å². The summed E-state index contributed by atoms with van der Waals surface area (Å²) in [5.74, 6) is 1.77. The highest BCUT2D eigenvalue weighted by molar-refractivity contribution is 6.04. The molecule has 0 saturated heterocycles. The predicted molar refractivity (Wildman–Crippen MR) is 88.4 cm³/mol. The number of rotatable bonds is 4. The first-order valence-corrected chi connectivity index (χ1v) is 7.33. The van der Waals surface area contributed by atoms with Crippen molar-refractivity contribution in [3.05, 3.63) is 36.7 Å². The lowest BCUT2D eigenvalue weighted by Gasteiger charge is -2.19. The molecule has 0 radical (unpaired) electrons. The van der Waals surface area contributed by atoms with Crippen LogP contribution in [0.5, 0.6) is 17.2 Å². The van der Waals surface area contributed by atoms with E-state index in [0.29, 0.717) is 35.8 Å². The van der Waals surface area contributed by atoms with E-state index >= 15 is 0 Å². The lowest BCUT2D eigenvalue weighted by atomic mass is 9.98. The molecule has 1 aromatic carbocycles. The van der Waals surface area contributed by atoms with Crippen LogP contribution in [0.1, 0.15) is 23.3 Å². The lowest BCUT2D eigenvalue weighted by molar-refractivity contribution is 0.0972. The number of ether oxygens (including phenoxy) is 3. The monoisotopic (exact) mass is 313 g/mol. The fraction of sp³-hybridized carbons (Fsp3) is 0.278. The summed E-state index contributed by atoms with van der Waals surface area (Å²) in [6, 6.07) is 5.62. The molecular formula is C18H19NO4. The zero-order valence-corrected chi connectivity index (χ0v) is 13.5. The summed E-state index contributed by atoms with van der Waals surface area (Å²) in [5.41, 5.74) is 3.28. The lowest BCUT2D eigenvalue weighted by Crippen LogP contribution is -2.15. The largest absolute Gasteiger partial charge is 0.493 e. The number of nitrogens with zero attached hydrogens (tertiary/aromatic N) is 1. The first-order valence-electron chi connectivity index (χ1n) is 7.33. The Morgan fingerprint density at radius 1 is 1.04 bits per heavy atom. The van der Waals surface area contributed by atoms with Gasteiger partial charge in [-0.15, -0.1) is 0 Å². The van der Waals surface area contributed by atoms with Gasteiger partial charge in [0.05, 0.1) is 27.0 Å². The third-order valence-electron chi connectivity index (χ3n) is 4.11. The van der Waals surface area contributed by atoms with Crippen molar-refractivity contribution in [3.63, 3.8) is 0 Å². The molecule has 0 bridgehead atoms. The van der Waals surface area contributed by atoms with Gasteiger partial charge < -0.3 is 18.8 Å². The smallest absolute Gasteiger partial charge is 0.203 e. The summed E-state index contributed by atoms with van der Waals surface area (Å²) in [4.78, 5) is 12.4. The zero-order valence-electron chi connectivity index (χ0n) is 13.5. The normalized spacial score (nSPS) is 13.7. The summed E-state index contributed by atoms with van der Waals surface area (Å²) in [6.45, 7) is 4.03. The van der Waals surface area contributed by atoms with Crippen molar-refractivity contribution < 1.29 is 19.0 Å². The van der Waals surface area contributed by atoms with Crippen molar-refractivity contribution in [1.82, 2.24) is 4.57 Å². The summed E-state index contributed by atoms with van der Waals surface area (Å²) >= 11 is 0. The number of allylic oxidation sites excluding steroid dienone is 1. The van der Waals surface area contributed by atoms with Crippen LogP contribution in [0.15, 0.2) is 31.0 Å². The highest BCUT2D eigenvalue weighted by Crippen LogP contribution is 2.43. The minimum absolute atomic E-state index is 0.117. The van der Waals surface area contributed by atoms with Crippen LogP contribution < -0.4 is 14.2 Å². The first-order chi connectivity index (χ1) is 11.1. The Hall–Kier alpha value is -2.69. The average molecular weight is 313 g/mol. The van der Waals surface area contributed by atoms with E-state index in [4.69, 9.17) is 14.2 Å². The van der Waals surface area contributed by atoms with E-state index in [9.17, 15) is 4.79 Å². The Morgan fingerprint density at radius 3 is 2.26 bits per heavy atom. The second-order valence-electron chi connectivity index (χ2n) is 5.35. The van der Waals surface area contributed by atoms with Gasteiger partial charge in [0.15, 0.2) is 17.3 Å². The summed E-state index contributed by atoms with van der Waals surface area (Å²) in [5, 5.41) is 0. The van der Waals surface area contributed by atoms with Gasteiger partial charge >= 0.3 is 0 Å². The highest BCUT2D eigenvalue weighted by Gasteiger charge is 2.25. The maximum absolute atomic E-state index is 12.4. The van der Waals surface area contributed by atoms with E-state index in [1.165, 1.54) is 0 Å². The number of carbonyl (C=O) groups is 1. The Kier molecular flexibility index (Phi) is 3.86. The second-order valence-corrected chi connectivity index (χ2v) is 5.35. The number of benzene rings is 1. The molecule has 0 unspecified atom stereocenters. The van der Waals surface area contributed by atoms with Crippen LogP contribution in [-0.4, -0.2) is 31.7 Å². The Bertz CT molecular complexity index is 763. The molecule has 1 aromatic heterocycles. The fourth-order valence-electron chi connectivity index (χ4n) is 2.95. The quantitative estimate of drug-likeness (QED) is 0.865. The second kappa shape index (κ2) is 5.83. The van der Waals surface area contributed by atoms with Gasteiger partial charge in [0.25, 0.3) is 0 Å². The first kappa shape index (κ1) is 15.2. The van der Waals surface area contributed by atoms with Gasteiger partial charge in [-0.1, -0.05) is 6.58 Å². The highest BCUT2D eigenvalue weighted by atomic mass is 16.5. The number of carbonyl (C=O) groups excluding carboxylic acids is 1.